The number of hydrogen-bond acceptors (Lipinski definition) is 3. The number of benzene rings is 1. The number of likely N-dealkylation sites (tertiary alicyclic amines) is 1. The fourth-order valence-corrected chi connectivity index (χ4v) is 2.67. The third kappa shape index (κ3) is 5.50. The van der Waals surface area contributed by atoms with Gasteiger partial charge in [-0.25, -0.2) is 4.79 Å². The summed E-state index contributed by atoms with van der Waals surface area (Å²) >= 11 is 0. The first kappa shape index (κ1) is 17.2. The maximum absolute atomic E-state index is 12.4. The van der Waals surface area contributed by atoms with Crippen molar-refractivity contribution in [2.45, 2.75) is 19.8 Å². The van der Waals surface area contributed by atoms with Gasteiger partial charge in [0.15, 0.2) is 0 Å². The van der Waals surface area contributed by atoms with E-state index in [9.17, 15) is 4.79 Å². The smallest absolute Gasteiger partial charge is 0.321 e. The van der Waals surface area contributed by atoms with Gasteiger partial charge in [-0.3, -0.25) is 0 Å². The van der Waals surface area contributed by atoms with Crippen LogP contribution in [0.4, 0.5) is 10.5 Å². The summed E-state index contributed by atoms with van der Waals surface area (Å²) < 4.78 is 10.8. The first-order valence-electron chi connectivity index (χ1n) is 8.03. The van der Waals surface area contributed by atoms with Crippen LogP contribution >= 0.6 is 0 Å². The molecule has 1 N–H and O–H groups in total. The largest absolute Gasteiger partial charge is 0.494 e. The molecule has 0 aliphatic carbocycles. The lowest BCUT2D eigenvalue weighted by Gasteiger charge is -2.32. The van der Waals surface area contributed by atoms with Crippen molar-refractivity contribution in [3.8, 4) is 18.1 Å². The van der Waals surface area contributed by atoms with Crippen molar-refractivity contribution in [2.75, 3.05) is 38.2 Å². The Balaban J connectivity index is 1.83. The minimum absolute atomic E-state index is 0.0733. The van der Waals surface area contributed by atoms with Gasteiger partial charge in [-0.2, -0.15) is 0 Å². The van der Waals surface area contributed by atoms with Crippen LogP contribution < -0.4 is 10.1 Å². The Bertz CT molecular complexity index is 536. The highest BCUT2D eigenvalue weighted by atomic mass is 16.5. The van der Waals surface area contributed by atoms with Gasteiger partial charge in [0.05, 0.1) is 13.2 Å². The van der Waals surface area contributed by atoms with E-state index in [-0.39, 0.29) is 6.03 Å². The number of ether oxygens (including phenoxy) is 2. The number of anilines is 1. The summed E-state index contributed by atoms with van der Waals surface area (Å²) in [6.07, 6.45) is 7.23. The Morgan fingerprint density at radius 1 is 1.43 bits per heavy atom. The number of amides is 2. The van der Waals surface area contributed by atoms with Crippen LogP contribution in [0.15, 0.2) is 24.3 Å². The third-order valence-corrected chi connectivity index (χ3v) is 3.76. The summed E-state index contributed by atoms with van der Waals surface area (Å²) in [5, 5.41) is 2.93. The summed E-state index contributed by atoms with van der Waals surface area (Å²) in [6, 6.07) is 7.33. The Morgan fingerprint density at radius 2 is 2.22 bits per heavy atom. The van der Waals surface area contributed by atoms with Gasteiger partial charge in [0, 0.05) is 24.7 Å². The zero-order valence-corrected chi connectivity index (χ0v) is 13.6. The lowest BCUT2D eigenvalue weighted by atomic mass is 9.99. The van der Waals surface area contributed by atoms with Crippen LogP contribution in [0.2, 0.25) is 0 Å². The van der Waals surface area contributed by atoms with Crippen molar-refractivity contribution < 1.29 is 14.3 Å². The predicted octanol–water partition coefficient (Wildman–Crippen LogP) is 2.98. The van der Waals surface area contributed by atoms with Crippen LogP contribution in [0.1, 0.15) is 19.8 Å². The summed E-state index contributed by atoms with van der Waals surface area (Å²) in [4.78, 5) is 14.2. The van der Waals surface area contributed by atoms with E-state index >= 15 is 0 Å². The first-order valence-corrected chi connectivity index (χ1v) is 8.03. The molecule has 0 radical (unpaired) electrons. The Morgan fingerprint density at radius 3 is 2.91 bits per heavy atom. The number of nitrogens with one attached hydrogen (secondary N) is 1. The lowest BCUT2D eigenvalue weighted by molar-refractivity contribution is 0.0883. The third-order valence-electron chi connectivity index (χ3n) is 3.76. The molecule has 1 aliphatic rings. The molecule has 0 aromatic heterocycles. The minimum atomic E-state index is -0.0733. The van der Waals surface area contributed by atoms with Crippen LogP contribution in [-0.2, 0) is 4.74 Å². The molecule has 0 spiro atoms. The van der Waals surface area contributed by atoms with Crippen molar-refractivity contribution in [3.63, 3.8) is 0 Å². The van der Waals surface area contributed by atoms with E-state index in [1.54, 1.807) is 0 Å². The van der Waals surface area contributed by atoms with Gasteiger partial charge in [0.25, 0.3) is 0 Å². The standard InChI is InChI=1S/C18H24N2O3/c1-3-12-22-14-15-6-5-11-20(13-15)18(21)19-16-7-9-17(10-8-16)23-4-2/h1,7-10,15H,4-6,11-14H2,2H3,(H,19,21). The highest BCUT2D eigenvalue weighted by molar-refractivity contribution is 5.89. The second-order valence-electron chi connectivity index (χ2n) is 5.56. The molecule has 1 aromatic carbocycles. The maximum atomic E-state index is 12.4. The molecular weight excluding hydrogens is 292 g/mol. The van der Waals surface area contributed by atoms with Gasteiger partial charge in [-0.05, 0) is 44.0 Å². The summed E-state index contributed by atoms with van der Waals surface area (Å²) in [5.74, 6) is 3.61. The van der Waals surface area contributed by atoms with E-state index in [2.05, 4.69) is 11.2 Å². The van der Waals surface area contributed by atoms with Gasteiger partial charge in [0.2, 0.25) is 0 Å². The van der Waals surface area contributed by atoms with Crippen molar-refractivity contribution in [2.24, 2.45) is 5.92 Å². The normalized spacial score (nSPS) is 17.4. The van der Waals surface area contributed by atoms with E-state index in [0.29, 0.717) is 32.3 Å². The number of carbonyl (C=O) groups excluding carboxylic acids is 1. The summed E-state index contributed by atoms with van der Waals surface area (Å²) in [6.45, 7) is 4.98. The quantitative estimate of drug-likeness (QED) is 0.648. The zero-order chi connectivity index (χ0) is 16.5. The van der Waals surface area contributed by atoms with Crippen molar-refractivity contribution in [1.29, 1.82) is 0 Å². The Hall–Kier alpha value is -2.19. The molecule has 1 heterocycles. The molecule has 23 heavy (non-hydrogen) atoms. The van der Waals surface area contributed by atoms with Gasteiger partial charge < -0.3 is 19.7 Å². The lowest BCUT2D eigenvalue weighted by Crippen LogP contribution is -2.43. The number of rotatable bonds is 6. The molecule has 1 aromatic rings. The fourth-order valence-electron chi connectivity index (χ4n) is 2.67. The molecule has 1 saturated heterocycles. The maximum Gasteiger partial charge on any atom is 0.321 e. The number of urea groups is 1. The van der Waals surface area contributed by atoms with Crippen LogP contribution in [0.3, 0.4) is 0 Å². The average Bonchev–Trinajstić information content (AvgIpc) is 2.57. The molecule has 124 valence electrons. The van der Waals surface area contributed by atoms with Gasteiger partial charge in [0.1, 0.15) is 12.4 Å². The number of terminal acetylenes is 1. The fraction of sp³-hybridized carbons (Fsp3) is 0.500. The van der Waals surface area contributed by atoms with Gasteiger partial charge >= 0.3 is 6.03 Å². The minimum Gasteiger partial charge on any atom is -0.494 e. The number of carbonyl (C=O) groups is 1. The van der Waals surface area contributed by atoms with E-state index < -0.39 is 0 Å². The highest BCUT2D eigenvalue weighted by Gasteiger charge is 2.23. The summed E-state index contributed by atoms with van der Waals surface area (Å²) in [5.41, 5.74) is 0.768. The molecule has 1 atom stereocenters. The topological polar surface area (TPSA) is 50.8 Å². The van der Waals surface area contributed by atoms with Crippen LogP contribution in [0.25, 0.3) is 0 Å². The molecule has 0 saturated carbocycles. The second-order valence-corrected chi connectivity index (χ2v) is 5.56. The molecule has 1 unspecified atom stereocenters. The molecule has 5 nitrogen and oxygen atoms in total. The molecule has 0 bridgehead atoms. The molecule has 1 fully saturated rings. The Kier molecular flexibility index (Phi) is 6.76. The van der Waals surface area contributed by atoms with Crippen LogP contribution in [0.5, 0.6) is 5.75 Å². The van der Waals surface area contributed by atoms with E-state index in [1.807, 2.05) is 36.1 Å². The van der Waals surface area contributed by atoms with E-state index in [4.69, 9.17) is 15.9 Å². The Labute approximate surface area is 138 Å². The van der Waals surface area contributed by atoms with Crippen molar-refractivity contribution in [3.05, 3.63) is 24.3 Å². The van der Waals surface area contributed by atoms with E-state index in [1.165, 1.54) is 0 Å². The van der Waals surface area contributed by atoms with E-state index in [0.717, 1.165) is 30.8 Å². The summed E-state index contributed by atoms with van der Waals surface area (Å²) in [7, 11) is 0. The predicted molar refractivity (Wildman–Crippen MR) is 90.6 cm³/mol. The SMILES string of the molecule is C#CCOCC1CCCN(C(=O)Nc2ccc(OCC)cc2)C1. The number of nitrogens with zero attached hydrogens (tertiary/aromatic N) is 1. The van der Waals surface area contributed by atoms with Crippen LogP contribution in [0, 0.1) is 18.3 Å². The molecule has 5 heteroatoms. The molecule has 1 aliphatic heterocycles. The second kappa shape index (κ2) is 9.06. The zero-order valence-electron chi connectivity index (χ0n) is 13.6. The first-order chi connectivity index (χ1) is 11.2. The van der Waals surface area contributed by atoms with Gasteiger partial charge in [-0.1, -0.05) is 5.92 Å². The number of piperidine rings is 1. The monoisotopic (exact) mass is 316 g/mol. The van der Waals surface area contributed by atoms with Gasteiger partial charge in [-0.15, -0.1) is 6.42 Å². The molecule has 2 rings (SSSR count). The van der Waals surface area contributed by atoms with Crippen molar-refractivity contribution >= 4 is 11.7 Å². The molecule has 2 amide bonds. The average molecular weight is 316 g/mol. The number of hydrogen-bond donors (Lipinski definition) is 1. The molecular formula is C18H24N2O3. The van der Waals surface area contributed by atoms with Crippen molar-refractivity contribution in [1.82, 2.24) is 4.90 Å². The highest BCUT2D eigenvalue weighted by Crippen LogP contribution is 2.19. The van der Waals surface area contributed by atoms with Crippen LogP contribution in [-0.4, -0.2) is 43.8 Å².